The van der Waals surface area contributed by atoms with Crippen molar-refractivity contribution in [2.24, 2.45) is 0 Å². The Kier molecular flexibility index (Phi) is 4.48. The molecule has 0 aromatic heterocycles. The maximum absolute atomic E-state index is 10.7. The Morgan fingerprint density at radius 3 is 2.58 bits per heavy atom. The zero-order valence-electron chi connectivity index (χ0n) is 10.4. The normalized spacial score (nSPS) is 22.5. The molecule has 4 nitrogen and oxygen atoms in total. The number of nitrogens with zero attached hydrogens (tertiary/aromatic N) is 1. The van der Waals surface area contributed by atoms with E-state index in [0.29, 0.717) is 5.69 Å². The summed E-state index contributed by atoms with van der Waals surface area (Å²) in [4.78, 5) is 10.2. The van der Waals surface area contributed by atoms with Gasteiger partial charge in [-0.05, 0) is 25.5 Å². The monoisotopic (exact) mass is 320 g/mol. The molecule has 0 aliphatic carbocycles. The van der Waals surface area contributed by atoms with Crippen molar-refractivity contribution in [1.82, 2.24) is 0 Å². The van der Waals surface area contributed by atoms with Gasteiger partial charge in [-0.1, -0.05) is 23.2 Å². The van der Waals surface area contributed by atoms with Crippen molar-refractivity contribution in [1.29, 1.82) is 0 Å². The molecular formula is C12H14Cl2N2O2S. The van der Waals surface area contributed by atoms with Crippen molar-refractivity contribution in [2.45, 2.75) is 24.5 Å². The fourth-order valence-electron chi connectivity index (χ4n) is 2.09. The molecule has 19 heavy (non-hydrogen) atoms. The molecule has 1 heterocycles. The highest BCUT2D eigenvalue weighted by molar-refractivity contribution is 8.00. The molecule has 2 rings (SSSR count). The smallest absolute Gasteiger partial charge is 0.272 e. The number of non-ortho nitro benzene ring substituents is 1. The van der Waals surface area contributed by atoms with E-state index < -0.39 is 4.92 Å². The fourth-order valence-corrected chi connectivity index (χ4v) is 3.94. The van der Waals surface area contributed by atoms with Crippen LogP contribution in [0.1, 0.15) is 19.8 Å². The highest BCUT2D eigenvalue weighted by Crippen LogP contribution is 2.40. The number of nitro groups is 1. The molecule has 1 atom stereocenters. The Morgan fingerprint density at radius 2 is 2.11 bits per heavy atom. The molecule has 0 saturated carbocycles. The first kappa shape index (κ1) is 14.8. The molecule has 1 unspecified atom stereocenters. The number of hydrogen-bond donors (Lipinski definition) is 1. The van der Waals surface area contributed by atoms with Crippen LogP contribution in [0.25, 0.3) is 0 Å². The van der Waals surface area contributed by atoms with Crippen LogP contribution >= 0.6 is 35.0 Å². The van der Waals surface area contributed by atoms with E-state index in [1.165, 1.54) is 24.3 Å². The van der Waals surface area contributed by atoms with Gasteiger partial charge in [-0.25, -0.2) is 0 Å². The summed E-state index contributed by atoms with van der Waals surface area (Å²) in [5, 5.41) is 14.5. The van der Waals surface area contributed by atoms with E-state index in [4.69, 9.17) is 23.2 Å². The van der Waals surface area contributed by atoms with Gasteiger partial charge in [0.15, 0.2) is 0 Å². The minimum Gasteiger partial charge on any atom is -0.381 e. The lowest BCUT2D eigenvalue weighted by molar-refractivity contribution is -0.384. The van der Waals surface area contributed by atoms with Crippen LogP contribution in [0.3, 0.4) is 0 Å². The summed E-state index contributed by atoms with van der Waals surface area (Å²) in [7, 11) is 0. The molecule has 7 heteroatoms. The zero-order chi connectivity index (χ0) is 14.0. The van der Waals surface area contributed by atoms with Crippen LogP contribution in [0, 0.1) is 10.1 Å². The van der Waals surface area contributed by atoms with Crippen LogP contribution in [0.15, 0.2) is 12.1 Å². The Balaban J connectivity index is 2.14. The molecule has 104 valence electrons. The summed E-state index contributed by atoms with van der Waals surface area (Å²) >= 11 is 14.0. The Bertz CT molecular complexity index is 481. The SMILES string of the molecule is CC1(CNc2c(Cl)cc([N+](=O)[O-])cc2Cl)CCCS1. The van der Waals surface area contributed by atoms with E-state index in [1.807, 2.05) is 11.8 Å². The molecular weight excluding hydrogens is 307 g/mol. The van der Waals surface area contributed by atoms with Crippen LogP contribution in [0.4, 0.5) is 11.4 Å². The van der Waals surface area contributed by atoms with Crippen molar-refractivity contribution in [3.63, 3.8) is 0 Å². The van der Waals surface area contributed by atoms with Gasteiger partial charge in [0.2, 0.25) is 0 Å². The number of rotatable bonds is 4. The minimum atomic E-state index is -0.504. The lowest BCUT2D eigenvalue weighted by Gasteiger charge is -2.24. The molecule has 1 fully saturated rings. The lowest BCUT2D eigenvalue weighted by Crippen LogP contribution is -2.27. The fraction of sp³-hybridized carbons (Fsp3) is 0.500. The van der Waals surface area contributed by atoms with E-state index in [-0.39, 0.29) is 20.5 Å². The van der Waals surface area contributed by atoms with Gasteiger partial charge in [-0.15, -0.1) is 0 Å². The van der Waals surface area contributed by atoms with E-state index in [1.54, 1.807) is 0 Å². The third kappa shape index (κ3) is 3.46. The summed E-state index contributed by atoms with van der Waals surface area (Å²) in [5.74, 6) is 1.17. The first-order chi connectivity index (χ1) is 8.91. The van der Waals surface area contributed by atoms with Gasteiger partial charge < -0.3 is 5.32 Å². The average Bonchev–Trinajstić information content (AvgIpc) is 2.75. The molecule has 1 aromatic carbocycles. The van der Waals surface area contributed by atoms with Crippen LogP contribution < -0.4 is 5.32 Å². The quantitative estimate of drug-likeness (QED) is 0.650. The number of halogens is 2. The Hall–Kier alpha value is -0.650. The van der Waals surface area contributed by atoms with E-state index in [0.717, 1.165) is 13.0 Å². The number of nitro benzene ring substituents is 1. The van der Waals surface area contributed by atoms with Gasteiger partial charge in [0, 0.05) is 23.4 Å². The van der Waals surface area contributed by atoms with Gasteiger partial charge in [-0.3, -0.25) is 10.1 Å². The van der Waals surface area contributed by atoms with Crippen LogP contribution in [-0.4, -0.2) is 22.0 Å². The van der Waals surface area contributed by atoms with E-state index >= 15 is 0 Å². The minimum absolute atomic E-state index is 0.0954. The lowest BCUT2D eigenvalue weighted by atomic mass is 10.1. The maximum atomic E-state index is 10.7. The summed E-state index contributed by atoms with van der Waals surface area (Å²) in [6, 6.07) is 2.64. The molecule has 1 aliphatic rings. The molecule has 0 bridgehead atoms. The first-order valence-electron chi connectivity index (χ1n) is 5.92. The third-order valence-electron chi connectivity index (χ3n) is 3.18. The number of nitrogens with one attached hydrogen (secondary N) is 1. The van der Waals surface area contributed by atoms with Gasteiger partial charge in [0.25, 0.3) is 5.69 Å². The second-order valence-corrected chi connectivity index (χ2v) is 7.29. The van der Waals surface area contributed by atoms with Gasteiger partial charge >= 0.3 is 0 Å². The predicted octanol–water partition coefficient (Wildman–Crippen LogP) is 4.60. The first-order valence-corrected chi connectivity index (χ1v) is 7.67. The van der Waals surface area contributed by atoms with E-state index in [9.17, 15) is 10.1 Å². The standard InChI is InChI=1S/C12H14Cl2N2O2S/c1-12(3-2-4-19-12)7-15-11-9(13)5-8(16(17)18)6-10(11)14/h5-6,15H,2-4,7H2,1H3. The Morgan fingerprint density at radius 1 is 1.47 bits per heavy atom. The van der Waals surface area contributed by atoms with Gasteiger partial charge in [-0.2, -0.15) is 11.8 Å². The highest BCUT2D eigenvalue weighted by Gasteiger charge is 2.29. The second kappa shape index (κ2) is 5.77. The van der Waals surface area contributed by atoms with Crippen LogP contribution in [-0.2, 0) is 0 Å². The number of benzene rings is 1. The van der Waals surface area contributed by atoms with E-state index in [2.05, 4.69) is 12.2 Å². The van der Waals surface area contributed by atoms with Gasteiger partial charge in [0.05, 0.1) is 20.7 Å². The summed E-state index contributed by atoms with van der Waals surface area (Å²) in [5.41, 5.74) is 0.477. The maximum Gasteiger partial charge on any atom is 0.272 e. The largest absolute Gasteiger partial charge is 0.381 e. The second-order valence-electron chi connectivity index (χ2n) is 4.80. The summed E-state index contributed by atoms with van der Waals surface area (Å²) in [6.45, 7) is 2.94. The molecule has 0 radical (unpaired) electrons. The third-order valence-corrected chi connectivity index (χ3v) is 5.31. The number of thioether (sulfide) groups is 1. The van der Waals surface area contributed by atoms with Crippen molar-refractivity contribution in [2.75, 3.05) is 17.6 Å². The van der Waals surface area contributed by atoms with Crippen molar-refractivity contribution in [3.8, 4) is 0 Å². The molecule has 0 spiro atoms. The number of anilines is 1. The van der Waals surface area contributed by atoms with Crippen molar-refractivity contribution >= 4 is 46.3 Å². The topological polar surface area (TPSA) is 55.2 Å². The van der Waals surface area contributed by atoms with Crippen LogP contribution in [0.2, 0.25) is 10.0 Å². The summed E-state index contributed by atoms with van der Waals surface area (Å²) < 4.78 is 0.175. The molecule has 1 aliphatic heterocycles. The zero-order valence-corrected chi connectivity index (χ0v) is 12.7. The molecule has 1 N–H and O–H groups in total. The Labute approximate surface area is 126 Å². The summed E-state index contributed by atoms with van der Waals surface area (Å²) in [6.07, 6.45) is 2.36. The van der Waals surface area contributed by atoms with Crippen molar-refractivity contribution in [3.05, 3.63) is 32.3 Å². The molecule has 1 aromatic rings. The van der Waals surface area contributed by atoms with Crippen molar-refractivity contribution < 1.29 is 4.92 Å². The molecule has 0 amide bonds. The van der Waals surface area contributed by atoms with Gasteiger partial charge in [0.1, 0.15) is 0 Å². The number of hydrogen-bond acceptors (Lipinski definition) is 4. The highest BCUT2D eigenvalue weighted by atomic mass is 35.5. The van der Waals surface area contributed by atoms with Crippen LogP contribution in [0.5, 0.6) is 0 Å². The predicted molar refractivity (Wildman–Crippen MR) is 81.7 cm³/mol. The average molecular weight is 321 g/mol. The molecule has 1 saturated heterocycles.